The number of ether oxygens (including phenoxy) is 2. The fraction of sp³-hybridized carbons (Fsp3) is 0.222. The van der Waals surface area contributed by atoms with Crippen molar-refractivity contribution in [2.75, 3.05) is 28.3 Å². The molecule has 0 bridgehead atoms. The smallest absolute Gasteiger partial charge is 0.161 e. The Morgan fingerprint density at radius 1 is 1.09 bits per heavy atom. The molecule has 0 aliphatic carbocycles. The molecule has 0 spiro atoms. The molecule has 0 aliphatic heterocycles. The lowest BCUT2D eigenvalue weighted by molar-refractivity contribution is 0.354. The summed E-state index contributed by atoms with van der Waals surface area (Å²) in [4.78, 5) is 2.11. The SMILES string of the molecule is COc1cc(Br)c(/C=C(\c2ccccc2I)N(C)C)cc1OC. The van der Waals surface area contributed by atoms with E-state index in [0.29, 0.717) is 11.5 Å². The quantitative estimate of drug-likeness (QED) is 0.431. The van der Waals surface area contributed by atoms with Crippen LogP contribution in [0.1, 0.15) is 11.1 Å². The summed E-state index contributed by atoms with van der Waals surface area (Å²) in [6.07, 6.45) is 2.14. The fourth-order valence-corrected chi connectivity index (χ4v) is 3.35. The van der Waals surface area contributed by atoms with Crippen molar-refractivity contribution in [3.05, 3.63) is 55.6 Å². The number of methoxy groups -OCH3 is 2. The van der Waals surface area contributed by atoms with Gasteiger partial charge in [-0.05, 0) is 52.4 Å². The molecule has 3 nitrogen and oxygen atoms in total. The third-order valence-electron chi connectivity index (χ3n) is 3.43. The molecule has 0 atom stereocenters. The molecule has 2 rings (SSSR count). The molecule has 0 unspecified atom stereocenters. The standard InChI is InChI=1S/C18H19BrINO2/c1-21(2)16(13-7-5-6-8-15(13)20)9-12-10-17(22-3)18(23-4)11-14(12)19/h5-11H,1-4H3/b16-9+. The number of hydrogen-bond donors (Lipinski definition) is 0. The van der Waals surface area contributed by atoms with E-state index < -0.39 is 0 Å². The summed E-state index contributed by atoms with van der Waals surface area (Å²) >= 11 is 5.98. The molecule has 2 aromatic rings. The van der Waals surface area contributed by atoms with Gasteiger partial charge in [0, 0.05) is 33.4 Å². The molecule has 0 N–H and O–H groups in total. The highest BCUT2D eigenvalue weighted by molar-refractivity contribution is 14.1. The van der Waals surface area contributed by atoms with Crippen molar-refractivity contribution in [3.63, 3.8) is 0 Å². The molecule has 0 saturated heterocycles. The van der Waals surface area contributed by atoms with E-state index in [1.165, 1.54) is 9.13 Å². The topological polar surface area (TPSA) is 21.7 Å². The van der Waals surface area contributed by atoms with Gasteiger partial charge in [0.25, 0.3) is 0 Å². The van der Waals surface area contributed by atoms with Crippen LogP contribution in [0.15, 0.2) is 40.9 Å². The zero-order valence-corrected chi connectivity index (χ0v) is 17.3. The van der Waals surface area contributed by atoms with Crippen molar-refractivity contribution in [3.8, 4) is 11.5 Å². The Kier molecular flexibility index (Phi) is 6.35. The minimum absolute atomic E-state index is 0.706. The number of rotatable bonds is 5. The first-order valence-electron chi connectivity index (χ1n) is 7.03. The van der Waals surface area contributed by atoms with Gasteiger partial charge in [0.15, 0.2) is 11.5 Å². The monoisotopic (exact) mass is 487 g/mol. The van der Waals surface area contributed by atoms with Crippen LogP contribution in [-0.2, 0) is 0 Å². The van der Waals surface area contributed by atoms with Crippen molar-refractivity contribution in [2.24, 2.45) is 0 Å². The summed E-state index contributed by atoms with van der Waals surface area (Å²) in [5, 5.41) is 0. The van der Waals surface area contributed by atoms with E-state index >= 15 is 0 Å². The van der Waals surface area contributed by atoms with Gasteiger partial charge in [0.05, 0.1) is 14.2 Å². The van der Waals surface area contributed by atoms with Crippen LogP contribution in [0.3, 0.4) is 0 Å². The summed E-state index contributed by atoms with van der Waals surface area (Å²) in [6, 6.07) is 12.2. The molecule has 23 heavy (non-hydrogen) atoms. The maximum atomic E-state index is 5.41. The van der Waals surface area contributed by atoms with Crippen LogP contribution in [-0.4, -0.2) is 33.2 Å². The van der Waals surface area contributed by atoms with Gasteiger partial charge in [-0.1, -0.05) is 34.1 Å². The second kappa shape index (κ2) is 8.06. The van der Waals surface area contributed by atoms with Gasteiger partial charge in [0.2, 0.25) is 0 Å². The fourth-order valence-electron chi connectivity index (χ4n) is 2.24. The minimum atomic E-state index is 0.706. The van der Waals surface area contributed by atoms with E-state index in [9.17, 15) is 0 Å². The second-order valence-electron chi connectivity index (χ2n) is 5.13. The third-order valence-corrected chi connectivity index (χ3v) is 5.05. The highest BCUT2D eigenvalue weighted by Gasteiger charge is 2.12. The Labute approximate surface area is 159 Å². The summed E-state index contributed by atoms with van der Waals surface area (Å²) < 4.78 is 12.9. The lowest BCUT2D eigenvalue weighted by Crippen LogP contribution is -2.11. The summed E-state index contributed by atoms with van der Waals surface area (Å²) in [7, 11) is 7.37. The highest BCUT2D eigenvalue weighted by Crippen LogP contribution is 2.35. The summed E-state index contributed by atoms with van der Waals surface area (Å²) in [5.74, 6) is 1.42. The molecule has 0 saturated carbocycles. The van der Waals surface area contributed by atoms with E-state index in [4.69, 9.17) is 9.47 Å². The number of hydrogen-bond acceptors (Lipinski definition) is 3. The van der Waals surface area contributed by atoms with Crippen LogP contribution in [0.25, 0.3) is 11.8 Å². The van der Waals surface area contributed by atoms with Crippen molar-refractivity contribution in [1.29, 1.82) is 0 Å². The first-order valence-corrected chi connectivity index (χ1v) is 8.90. The van der Waals surface area contributed by atoms with Gasteiger partial charge in [-0.15, -0.1) is 0 Å². The van der Waals surface area contributed by atoms with E-state index in [1.54, 1.807) is 14.2 Å². The summed E-state index contributed by atoms with van der Waals surface area (Å²) in [6.45, 7) is 0. The molecule has 5 heteroatoms. The molecule has 122 valence electrons. The molecule has 0 heterocycles. The lowest BCUT2D eigenvalue weighted by Gasteiger charge is -2.20. The van der Waals surface area contributed by atoms with Crippen molar-refractivity contribution in [1.82, 2.24) is 4.90 Å². The second-order valence-corrected chi connectivity index (χ2v) is 7.15. The van der Waals surface area contributed by atoms with Crippen molar-refractivity contribution in [2.45, 2.75) is 0 Å². The van der Waals surface area contributed by atoms with Crippen LogP contribution in [0.2, 0.25) is 0 Å². The van der Waals surface area contributed by atoms with Gasteiger partial charge < -0.3 is 14.4 Å². The number of halogens is 2. The zero-order chi connectivity index (χ0) is 17.0. The van der Waals surface area contributed by atoms with Gasteiger partial charge in [-0.3, -0.25) is 0 Å². The molecule has 0 aromatic heterocycles. The molecule has 0 amide bonds. The largest absolute Gasteiger partial charge is 0.493 e. The van der Waals surface area contributed by atoms with Crippen LogP contribution in [0, 0.1) is 3.57 Å². The molecule has 0 aliphatic rings. The van der Waals surface area contributed by atoms with Crippen LogP contribution in [0.4, 0.5) is 0 Å². The molecular formula is C18H19BrINO2. The molecule has 2 aromatic carbocycles. The average molecular weight is 488 g/mol. The Balaban J connectivity index is 2.59. The third kappa shape index (κ3) is 4.20. The number of nitrogens with zero attached hydrogens (tertiary/aromatic N) is 1. The first kappa shape index (κ1) is 18.1. The van der Waals surface area contributed by atoms with Gasteiger partial charge in [-0.25, -0.2) is 0 Å². The van der Waals surface area contributed by atoms with Crippen molar-refractivity contribution >= 4 is 50.3 Å². The van der Waals surface area contributed by atoms with E-state index in [2.05, 4.69) is 67.7 Å². The predicted molar refractivity (Wildman–Crippen MR) is 108 cm³/mol. The normalized spacial score (nSPS) is 11.3. The first-order chi connectivity index (χ1) is 11.0. The van der Waals surface area contributed by atoms with Gasteiger partial charge in [-0.2, -0.15) is 0 Å². The van der Waals surface area contributed by atoms with Crippen LogP contribution >= 0.6 is 38.5 Å². The molecular weight excluding hydrogens is 469 g/mol. The molecule has 0 fully saturated rings. The van der Waals surface area contributed by atoms with Gasteiger partial charge in [0.1, 0.15) is 0 Å². The minimum Gasteiger partial charge on any atom is -0.493 e. The molecule has 0 radical (unpaired) electrons. The average Bonchev–Trinajstić information content (AvgIpc) is 2.54. The van der Waals surface area contributed by atoms with Crippen molar-refractivity contribution < 1.29 is 9.47 Å². The zero-order valence-electron chi connectivity index (χ0n) is 13.6. The van der Waals surface area contributed by atoms with Gasteiger partial charge >= 0.3 is 0 Å². The lowest BCUT2D eigenvalue weighted by atomic mass is 10.1. The van der Waals surface area contributed by atoms with Crippen LogP contribution in [0.5, 0.6) is 11.5 Å². The number of benzene rings is 2. The van der Waals surface area contributed by atoms with Crippen LogP contribution < -0.4 is 9.47 Å². The summed E-state index contributed by atoms with van der Waals surface area (Å²) in [5.41, 5.74) is 3.36. The Morgan fingerprint density at radius 2 is 1.70 bits per heavy atom. The maximum absolute atomic E-state index is 5.41. The van der Waals surface area contributed by atoms with E-state index in [-0.39, 0.29) is 0 Å². The maximum Gasteiger partial charge on any atom is 0.161 e. The van der Waals surface area contributed by atoms with E-state index in [1.807, 2.05) is 32.3 Å². The predicted octanol–water partition coefficient (Wildman–Crippen LogP) is 5.13. The highest BCUT2D eigenvalue weighted by atomic mass is 127. The Bertz CT molecular complexity index is 729. The Hall–Kier alpha value is -1.21. The van der Waals surface area contributed by atoms with E-state index in [0.717, 1.165) is 15.7 Å². The Morgan fingerprint density at radius 3 is 2.26 bits per heavy atom.